The molecule has 188 valence electrons. The molecule has 0 unspecified atom stereocenters. The first-order chi connectivity index (χ1) is 15.0. The van der Waals surface area contributed by atoms with Crippen LogP contribution in [0.15, 0.2) is 36.5 Å². The van der Waals surface area contributed by atoms with E-state index in [4.69, 9.17) is 0 Å². The van der Waals surface area contributed by atoms with E-state index in [-0.39, 0.29) is 0 Å². The van der Waals surface area contributed by atoms with E-state index in [2.05, 4.69) is 30.5 Å². The molecule has 8 nitrogen and oxygen atoms in total. The van der Waals surface area contributed by atoms with Crippen LogP contribution >= 0.6 is 0 Å². The zero-order chi connectivity index (χ0) is 25.5. The second kappa shape index (κ2) is 11.3. The lowest BCUT2D eigenvalue weighted by Crippen LogP contribution is -2.32. The van der Waals surface area contributed by atoms with Crippen molar-refractivity contribution < 1.29 is 47.9 Å². The minimum absolute atomic E-state index is 0.778. The van der Waals surface area contributed by atoms with Crippen LogP contribution in [0.25, 0.3) is 9.81 Å². The highest BCUT2D eigenvalue weighted by Gasteiger charge is 2.46. The van der Waals surface area contributed by atoms with E-state index in [1.807, 2.05) is 34.6 Å². The van der Waals surface area contributed by atoms with Gasteiger partial charge in [-0.05, 0) is 18.6 Å². The number of rotatable bonds is 8. The molecular formula is C17H22F6N4O4S2. The molecule has 0 radical (unpaired) electrons. The van der Waals surface area contributed by atoms with Crippen molar-refractivity contribution in [3.05, 3.63) is 46.4 Å². The summed E-state index contributed by atoms with van der Waals surface area (Å²) in [5.41, 5.74) is -9.99. The van der Waals surface area contributed by atoms with Crippen LogP contribution in [-0.4, -0.2) is 37.7 Å². The maximum absolute atomic E-state index is 11.4. The second-order valence-electron chi connectivity index (χ2n) is 6.64. The van der Waals surface area contributed by atoms with Crippen LogP contribution in [0.3, 0.4) is 0 Å². The van der Waals surface area contributed by atoms with E-state index in [9.17, 15) is 43.2 Å². The number of alkyl halides is 6. The summed E-state index contributed by atoms with van der Waals surface area (Å²) in [6, 6.07) is 10.3. The van der Waals surface area contributed by atoms with E-state index < -0.39 is 31.1 Å². The highest BCUT2D eigenvalue weighted by Crippen LogP contribution is 2.36. The fourth-order valence-corrected chi connectivity index (χ4v) is 4.04. The van der Waals surface area contributed by atoms with E-state index in [0.29, 0.717) is 0 Å². The van der Waals surface area contributed by atoms with Crippen molar-refractivity contribution in [2.45, 2.75) is 50.0 Å². The maximum atomic E-state index is 11.4. The molecule has 0 N–H and O–H groups in total. The molecule has 0 aliphatic rings. The number of hydrogen-bond donors (Lipinski definition) is 0. The molecule has 0 atom stereocenters. The van der Waals surface area contributed by atoms with Crippen LogP contribution in [-0.2, 0) is 33.5 Å². The van der Waals surface area contributed by atoms with Crippen LogP contribution in [0.5, 0.6) is 0 Å². The Hall–Kier alpha value is -2.20. The average molecular weight is 525 g/mol. The van der Waals surface area contributed by atoms with E-state index in [1.54, 1.807) is 0 Å². The highest BCUT2D eigenvalue weighted by atomic mass is 32.3. The minimum Gasteiger partial charge on any atom is -0.421 e. The first-order valence-electron chi connectivity index (χ1n) is 9.39. The number of aromatic nitrogens is 3. The zero-order valence-electron chi connectivity index (χ0n) is 17.5. The number of para-hydroxylation sites is 1. The smallest absolute Gasteiger partial charge is 0.421 e. The Bertz CT molecular complexity index is 1060. The first kappa shape index (κ1) is 28.8. The topological polar surface area (TPSA) is 104 Å². The standard InChI is InChI=1S/C15H22N3.C2F6NO4S2/c1-3-4-5-7-12-15-13-18(16-17(15)2)14-10-8-6-9-11-14;3-1(4,5)14(10,11)9-15(12,13)2(6,7)8/h6,8-11,13H,3-5,7,12H2,1-2H3;/q+1;-1. The Morgan fingerprint density at radius 1 is 0.909 bits per heavy atom. The van der Waals surface area contributed by atoms with Crippen molar-refractivity contribution in [2.24, 2.45) is 7.05 Å². The maximum Gasteiger partial charge on any atom is 0.480 e. The Morgan fingerprint density at radius 2 is 1.42 bits per heavy atom. The van der Waals surface area contributed by atoms with Gasteiger partial charge in [0.25, 0.3) is 0 Å². The van der Waals surface area contributed by atoms with Gasteiger partial charge in [0.2, 0.25) is 0 Å². The predicted octanol–water partition coefficient (Wildman–Crippen LogP) is 3.88. The summed E-state index contributed by atoms with van der Waals surface area (Å²) in [6.07, 6.45) is 8.44. The lowest BCUT2D eigenvalue weighted by Gasteiger charge is -2.22. The van der Waals surface area contributed by atoms with Crippen LogP contribution in [0.1, 0.15) is 38.3 Å². The Kier molecular flexibility index (Phi) is 9.86. The SMILES string of the molecule is CCCCCCc1c[n+](-c2ccccc2)nn1C.O=S(=O)([N-]S(=O)(=O)C(F)(F)F)C(F)(F)F. The van der Waals surface area contributed by atoms with Crippen molar-refractivity contribution >= 4 is 20.0 Å². The molecule has 1 heterocycles. The normalized spacial score (nSPS) is 12.8. The lowest BCUT2D eigenvalue weighted by atomic mass is 10.1. The highest BCUT2D eigenvalue weighted by molar-refractivity contribution is 8.13. The van der Waals surface area contributed by atoms with Crippen LogP contribution in [0.4, 0.5) is 26.3 Å². The molecule has 0 saturated carbocycles. The minimum atomic E-state index is -6.72. The third-order valence-corrected chi connectivity index (χ3v) is 6.75. The van der Waals surface area contributed by atoms with Crippen molar-refractivity contribution in [1.82, 2.24) is 9.90 Å². The molecule has 0 aliphatic heterocycles. The quantitative estimate of drug-likeness (QED) is 0.296. The third-order valence-electron chi connectivity index (χ3n) is 4.01. The summed E-state index contributed by atoms with van der Waals surface area (Å²) in [4.78, 5) is 0. The summed E-state index contributed by atoms with van der Waals surface area (Å²) in [6.45, 7) is 2.24. The van der Waals surface area contributed by atoms with Crippen LogP contribution < -0.4 is 4.68 Å². The monoisotopic (exact) mass is 524 g/mol. The fourth-order valence-electron chi connectivity index (χ4n) is 2.33. The molecule has 0 bridgehead atoms. The number of aryl methyl sites for hydroxylation is 2. The summed E-state index contributed by atoms with van der Waals surface area (Å²) in [5.74, 6) is 0. The van der Waals surface area contributed by atoms with E-state index in [0.717, 1.165) is 16.2 Å². The molecule has 0 spiro atoms. The molecule has 2 aromatic rings. The van der Waals surface area contributed by atoms with E-state index in [1.165, 1.54) is 31.4 Å². The summed E-state index contributed by atoms with van der Waals surface area (Å²) < 4.78 is 113. The van der Waals surface area contributed by atoms with E-state index >= 15 is 0 Å². The van der Waals surface area contributed by atoms with Crippen LogP contribution in [0, 0.1) is 0 Å². The Balaban J connectivity index is 0.000000337. The zero-order valence-corrected chi connectivity index (χ0v) is 19.1. The number of unbranched alkanes of at least 4 members (excludes halogenated alkanes) is 3. The molecule has 16 heteroatoms. The molecule has 0 saturated heterocycles. The van der Waals surface area contributed by atoms with Gasteiger partial charge in [0.1, 0.15) is 7.05 Å². The van der Waals surface area contributed by atoms with Gasteiger partial charge >= 0.3 is 11.0 Å². The summed E-state index contributed by atoms with van der Waals surface area (Å²) in [7, 11) is -11.4. The molecule has 0 amide bonds. The number of hydrogen-bond acceptors (Lipinski definition) is 5. The predicted molar refractivity (Wildman–Crippen MR) is 106 cm³/mol. The second-order valence-corrected chi connectivity index (χ2v) is 10.1. The first-order valence-corrected chi connectivity index (χ1v) is 12.3. The van der Waals surface area contributed by atoms with Gasteiger partial charge in [-0.2, -0.15) is 26.3 Å². The Morgan fingerprint density at radius 3 is 1.88 bits per heavy atom. The molecular weight excluding hydrogens is 502 g/mol. The summed E-state index contributed by atoms with van der Waals surface area (Å²) in [5, 5.41) is 4.51. The molecule has 1 aromatic carbocycles. The molecule has 0 aliphatic carbocycles. The van der Waals surface area contributed by atoms with Gasteiger partial charge in [0.05, 0.1) is 5.21 Å². The lowest BCUT2D eigenvalue weighted by molar-refractivity contribution is -0.661. The van der Waals surface area contributed by atoms with Gasteiger partial charge in [0.15, 0.2) is 37.6 Å². The Labute approximate surface area is 187 Å². The van der Waals surface area contributed by atoms with Gasteiger partial charge in [-0.15, -0.1) is 9.36 Å². The third kappa shape index (κ3) is 8.58. The van der Waals surface area contributed by atoms with Crippen molar-refractivity contribution in [1.29, 1.82) is 0 Å². The number of benzene rings is 1. The van der Waals surface area contributed by atoms with Crippen molar-refractivity contribution in [2.75, 3.05) is 0 Å². The molecule has 33 heavy (non-hydrogen) atoms. The average Bonchev–Trinajstić information content (AvgIpc) is 3.05. The van der Waals surface area contributed by atoms with Gasteiger partial charge in [-0.3, -0.25) is 0 Å². The van der Waals surface area contributed by atoms with Crippen LogP contribution in [0.2, 0.25) is 0 Å². The number of nitrogens with zero attached hydrogens (tertiary/aromatic N) is 4. The van der Waals surface area contributed by atoms with Crippen molar-refractivity contribution in [3.8, 4) is 5.69 Å². The largest absolute Gasteiger partial charge is 0.480 e. The van der Waals surface area contributed by atoms with Gasteiger partial charge in [-0.1, -0.05) is 44.4 Å². The molecule has 2 rings (SSSR count). The number of halogens is 6. The molecule has 1 aromatic heterocycles. The number of sulfonamides is 2. The fraction of sp³-hybridized carbons (Fsp3) is 0.529. The van der Waals surface area contributed by atoms with Crippen molar-refractivity contribution in [3.63, 3.8) is 0 Å². The summed E-state index contributed by atoms with van der Waals surface area (Å²) >= 11 is 0. The van der Waals surface area contributed by atoms with Gasteiger partial charge in [-0.25, -0.2) is 16.8 Å². The van der Waals surface area contributed by atoms with Gasteiger partial charge in [0, 0.05) is 6.42 Å². The molecule has 0 fully saturated rings. The van der Waals surface area contributed by atoms with Gasteiger partial charge < -0.3 is 4.13 Å².